The lowest BCUT2D eigenvalue weighted by atomic mass is 10.1. The van der Waals surface area contributed by atoms with Gasteiger partial charge in [-0.15, -0.1) is 0 Å². The van der Waals surface area contributed by atoms with Gasteiger partial charge in [0, 0.05) is 28.9 Å². The van der Waals surface area contributed by atoms with Crippen LogP contribution in [0.5, 0.6) is 0 Å². The van der Waals surface area contributed by atoms with Crippen LogP contribution in [0, 0.1) is 11.6 Å². The van der Waals surface area contributed by atoms with Crippen molar-refractivity contribution >= 4 is 16.7 Å². The number of hydrogen-bond donors (Lipinski definition) is 1. The zero-order valence-corrected chi connectivity index (χ0v) is 12.0. The molecular formula is C13H16F2N2O2S. The molecule has 0 aliphatic carbocycles. The van der Waals surface area contributed by atoms with Crippen LogP contribution in [0.15, 0.2) is 18.2 Å². The number of hydrogen-bond acceptors (Lipinski definition) is 3. The van der Waals surface area contributed by atoms with Crippen molar-refractivity contribution in [1.82, 2.24) is 10.2 Å². The number of halogens is 2. The van der Waals surface area contributed by atoms with E-state index in [4.69, 9.17) is 0 Å². The molecule has 0 bridgehead atoms. The Morgan fingerprint density at radius 1 is 1.45 bits per heavy atom. The van der Waals surface area contributed by atoms with E-state index in [1.54, 1.807) is 13.2 Å². The van der Waals surface area contributed by atoms with Gasteiger partial charge in [-0.05, 0) is 24.6 Å². The highest BCUT2D eigenvalue weighted by atomic mass is 32.2. The largest absolute Gasteiger partial charge is 0.321 e. The molecule has 3 unspecified atom stereocenters. The molecule has 7 heteroatoms. The third kappa shape index (κ3) is 3.04. The lowest BCUT2D eigenvalue weighted by Crippen LogP contribution is -2.37. The number of benzene rings is 1. The van der Waals surface area contributed by atoms with Crippen LogP contribution >= 0.6 is 0 Å². The van der Waals surface area contributed by atoms with Crippen molar-refractivity contribution in [2.45, 2.75) is 18.3 Å². The van der Waals surface area contributed by atoms with Crippen molar-refractivity contribution in [1.29, 1.82) is 0 Å². The zero-order chi connectivity index (χ0) is 14.9. The Morgan fingerprint density at radius 2 is 2.15 bits per heavy atom. The lowest BCUT2D eigenvalue weighted by molar-refractivity contribution is -0.128. The number of rotatable bonds is 4. The molecule has 1 saturated heterocycles. The second kappa shape index (κ2) is 5.97. The van der Waals surface area contributed by atoms with E-state index in [0.717, 1.165) is 12.1 Å². The summed E-state index contributed by atoms with van der Waals surface area (Å²) in [5.41, 5.74) is 0.476. The molecule has 1 aliphatic rings. The van der Waals surface area contributed by atoms with E-state index in [-0.39, 0.29) is 17.7 Å². The standard InChI is InChI=1S/C13H16F2N2O2S/c1-8(20(2)19)7-17-12(18)6-16-13(17)9-3-4-10(14)11(15)5-9/h3-5,8,13,16H,6-7H2,1-2H3. The SMILES string of the molecule is CC(CN1C(=O)CNC1c1ccc(F)c(F)c1)S(C)=O. The number of carbonyl (C=O) groups excluding carboxylic acids is 1. The summed E-state index contributed by atoms with van der Waals surface area (Å²) >= 11 is 0. The van der Waals surface area contributed by atoms with Crippen LogP contribution in [0.4, 0.5) is 8.78 Å². The molecule has 4 nitrogen and oxygen atoms in total. The van der Waals surface area contributed by atoms with E-state index in [1.165, 1.54) is 11.0 Å². The molecular weight excluding hydrogens is 286 g/mol. The summed E-state index contributed by atoms with van der Waals surface area (Å²) in [4.78, 5) is 13.4. The highest BCUT2D eigenvalue weighted by Gasteiger charge is 2.33. The second-order valence-electron chi connectivity index (χ2n) is 4.81. The molecule has 3 atom stereocenters. The second-order valence-corrected chi connectivity index (χ2v) is 6.61. The van der Waals surface area contributed by atoms with Crippen molar-refractivity contribution in [3.63, 3.8) is 0 Å². The maximum Gasteiger partial charge on any atom is 0.238 e. The predicted molar refractivity (Wildman–Crippen MR) is 72.3 cm³/mol. The Labute approximate surface area is 118 Å². The topological polar surface area (TPSA) is 49.4 Å². The minimum absolute atomic E-state index is 0.132. The molecule has 0 spiro atoms. The van der Waals surface area contributed by atoms with Crippen LogP contribution in [-0.4, -0.2) is 39.6 Å². The average Bonchev–Trinajstić information content (AvgIpc) is 2.74. The third-order valence-corrected chi connectivity index (χ3v) is 4.64. The molecule has 1 amide bonds. The quantitative estimate of drug-likeness (QED) is 0.908. The van der Waals surface area contributed by atoms with Crippen LogP contribution in [-0.2, 0) is 15.6 Å². The zero-order valence-electron chi connectivity index (χ0n) is 11.2. The minimum Gasteiger partial charge on any atom is -0.321 e. The fourth-order valence-electron chi connectivity index (χ4n) is 2.11. The maximum atomic E-state index is 13.3. The summed E-state index contributed by atoms with van der Waals surface area (Å²) in [5, 5.41) is 2.76. The van der Waals surface area contributed by atoms with E-state index < -0.39 is 28.6 Å². The highest BCUT2D eigenvalue weighted by molar-refractivity contribution is 7.84. The number of nitrogens with zero attached hydrogens (tertiary/aromatic N) is 1. The Balaban J connectivity index is 2.23. The molecule has 1 aromatic rings. The molecule has 2 rings (SSSR count). The summed E-state index contributed by atoms with van der Waals surface area (Å²) in [6.45, 7) is 2.22. The third-order valence-electron chi connectivity index (χ3n) is 3.36. The fraction of sp³-hybridized carbons (Fsp3) is 0.462. The van der Waals surface area contributed by atoms with Crippen molar-refractivity contribution in [2.75, 3.05) is 19.3 Å². The summed E-state index contributed by atoms with van der Waals surface area (Å²) in [7, 11) is -1.06. The van der Waals surface area contributed by atoms with Crippen LogP contribution in [0.25, 0.3) is 0 Å². The van der Waals surface area contributed by atoms with E-state index in [9.17, 15) is 17.8 Å². The van der Waals surface area contributed by atoms with E-state index in [1.807, 2.05) is 0 Å². The van der Waals surface area contributed by atoms with Crippen molar-refractivity contribution in [3.05, 3.63) is 35.4 Å². The number of amides is 1. The smallest absolute Gasteiger partial charge is 0.238 e. The van der Waals surface area contributed by atoms with Gasteiger partial charge in [0.15, 0.2) is 11.6 Å². The Hall–Kier alpha value is -1.34. The minimum atomic E-state index is -1.06. The van der Waals surface area contributed by atoms with Crippen LogP contribution in [0.1, 0.15) is 18.7 Å². The molecule has 0 aromatic heterocycles. The summed E-state index contributed by atoms with van der Waals surface area (Å²) in [5.74, 6) is -2.01. The van der Waals surface area contributed by atoms with Crippen LogP contribution in [0.3, 0.4) is 0 Å². The molecule has 1 aliphatic heterocycles. The van der Waals surface area contributed by atoms with E-state index in [2.05, 4.69) is 5.32 Å². The Morgan fingerprint density at radius 3 is 2.75 bits per heavy atom. The molecule has 110 valence electrons. The normalized spacial score (nSPS) is 22.1. The van der Waals surface area contributed by atoms with Crippen LogP contribution < -0.4 is 5.32 Å². The molecule has 1 N–H and O–H groups in total. The molecule has 0 saturated carbocycles. The first-order valence-corrected chi connectivity index (χ1v) is 7.82. The molecule has 1 heterocycles. The highest BCUT2D eigenvalue weighted by Crippen LogP contribution is 2.24. The first-order valence-electron chi connectivity index (χ1n) is 6.20. The lowest BCUT2D eigenvalue weighted by Gasteiger charge is -2.26. The predicted octanol–water partition coefficient (Wildman–Crippen LogP) is 1.16. The van der Waals surface area contributed by atoms with Gasteiger partial charge in [-0.2, -0.15) is 0 Å². The molecule has 0 radical (unpaired) electrons. The first-order chi connectivity index (χ1) is 9.40. The summed E-state index contributed by atoms with van der Waals surface area (Å²) in [6.07, 6.45) is 1.06. The summed E-state index contributed by atoms with van der Waals surface area (Å²) in [6, 6.07) is 3.55. The fourth-order valence-corrected chi connectivity index (χ4v) is 2.48. The Bertz CT molecular complexity index is 553. The van der Waals surface area contributed by atoms with Crippen molar-refractivity contribution in [3.8, 4) is 0 Å². The van der Waals surface area contributed by atoms with Gasteiger partial charge in [0.2, 0.25) is 5.91 Å². The first kappa shape index (κ1) is 15.1. The van der Waals surface area contributed by atoms with Gasteiger partial charge in [0.25, 0.3) is 0 Å². The van der Waals surface area contributed by atoms with Crippen LogP contribution in [0.2, 0.25) is 0 Å². The van der Waals surface area contributed by atoms with Crippen molar-refractivity contribution < 1.29 is 17.8 Å². The summed E-state index contributed by atoms with van der Waals surface area (Å²) < 4.78 is 37.7. The number of carbonyl (C=O) groups is 1. The average molecular weight is 302 g/mol. The van der Waals surface area contributed by atoms with Gasteiger partial charge < -0.3 is 4.90 Å². The van der Waals surface area contributed by atoms with Gasteiger partial charge in [-0.3, -0.25) is 14.3 Å². The monoisotopic (exact) mass is 302 g/mol. The van der Waals surface area contributed by atoms with Crippen molar-refractivity contribution in [2.24, 2.45) is 0 Å². The van der Waals surface area contributed by atoms with Gasteiger partial charge in [-0.25, -0.2) is 8.78 Å². The Kier molecular flexibility index (Phi) is 4.49. The van der Waals surface area contributed by atoms with E-state index in [0.29, 0.717) is 12.1 Å². The van der Waals surface area contributed by atoms with E-state index >= 15 is 0 Å². The molecule has 1 aromatic carbocycles. The maximum absolute atomic E-state index is 13.3. The van der Waals surface area contributed by atoms with Gasteiger partial charge in [0.1, 0.15) is 6.17 Å². The molecule has 1 fully saturated rings. The number of nitrogens with one attached hydrogen (secondary N) is 1. The van der Waals surface area contributed by atoms with Gasteiger partial charge in [-0.1, -0.05) is 6.07 Å². The van der Waals surface area contributed by atoms with Gasteiger partial charge in [0.05, 0.1) is 6.54 Å². The molecule has 20 heavy (non-hydrogen) atoms. The van der Waals surface area contributed by atoms with Gasteiger partial charge >= 0.3 is 0 Å².